The van der Waals surface area contributed by atoms with Crippen LogP contribution >= 0.6 is 0 Å². The van der Waals surface area contributed by atoms with Crippen molar-refractivity contribution in [3.05, 3.63) is 0 Å². The molecule has 0 aromatic carbocycles. The van der Waals surface area contributed by atoms with Crippen molar-refractivity contribution < 1.29 is 15.4 Å². The highest BCUT2D eigenvalue weighted by molar-refractivity contribution is 4.75. The van der Waals surface area contributed by atoms with Crippen molar-refractivity contribution in [1.82, 2.24) is 0 Å². The smallest absolute Gasteiger partial charge is 0.0925 e. The van der Waals surface area contributed by atoms with E-state index in [1.54, 1.807) is 0 Å². The number of rotatable bonds is 5. The first kappa shape index (κ1) is 12.3. The van der Waals surface area contributed by atoms with Gasteiger partial charge in [0.05, 0.1) is 38.9 Å². The molecule has 2 heterocycles. The molecule has 3 nitrogen and oxygen atoms in total. The van der Waals surface area contributed by atoms with Crippen molar-refractivity contribution in [2.75, 3.05) is 32.8 Å². The van der Waals surface area contributed by atoms with E-state index in [0.29, 0.717) is 0 Å². The van der Waals surface area contributed by atoms with E-state index in [9.17, 15) is 0 Å². The summed E-state index contributed by atoms with van der Waals surface area (Å²) in [6.45, 7) is 5.77. The molecule has 0 amide bonds. The zero-order valence-corrected chi connectivity index (χ0v) is 10.5. The van der Waals surface area contributed by atoms with Crippen molar-refractivity contribution >= 4 is 0 Å². The van der Waals surface area contributed by atoms with E-state index in [1.165, 1.54) is 45.2 Å². The summed E-state index contributed by atoms with van der Waals surface area (Å²) < 4.78 is 5.81. The van der Waals surface area contributed by atoms with Crippen LogP contribution in [-0.2, 0) is 4.74 Å². The van der Waals surface area contributed by atoms with Crippen LogP contribution in [0.25, 0.3) is 0 Å². The Morgan fingerprint density at radius 3 is 2.88 bits per heavy atom. The molecule has 3 heteroatoms. The molecule has 0 aromatic rings. The number of fused-ring (bicyclic) bond motifs is 1. The molecule has 2 aliphatic heterocycles. The first-order chi connectivity index (χ1) is 7.92. The Morgan fingerprint density at radius 1 is 1.12 bits per heavy atom. The van der Waals surface area contributed by atoms with Crippen LogP contribution in [0.2, 0.25) is 0 Å². The lowest BCUT2D eigenvalue weighted by Crippen LogP contribution is -3.18. The van der Waals surface area contributed by atoms with Crippen LogP contribution in [-0.4, -0.2) is 38.9 Å². The predicted molar refractivity (Wildman–Crippen MR) is 64.3 cm³/mol. The van der Waals surface area contributed by atoms with Crippen LogP contribution in [0.15, 0.2) is 0 Å². The van der Waals surface area contributed by atoms with Gasteiger partial charge in [-0.25, -0.2) is 0 Å². The maximum Gasteiger partial charge on any atom is 0.0925 e. The van der Waals surface area contributed by atoms with Crippen LogP contribution in [0.4, 0.5) is 0 Å². The minimum atomic E-state index is 0.842. The van der Waals surface area contributed by atoms with Gasteiger partial charge in [-0.3, -0.25) is 0 Å². The monoisotopic (exact) mass is 228 g/mol. The van der Waals surface area contributed by atoms with Gasteiger partial charge in [-0.15, -0.1) is 0 Å². The summed E-state index contributed by atoms with van der Waals surface area (Å²) in [7, 11) is 0. The van der Waals surface area contributed by atoms with Crippen LogP contribution in [0.3, 0.4) is 0 Å². The Morgan fingerprint density at radius 2 is 2.00 bits per heavy atom. The number of ether oxygens (including phenoxy) is 1. The Kier molecular flexibility index (Phi) is 5.07. The predicted octanol–water partition coefficient (Wildman–Crippen LogP) is -0.518. The lowest BCUT2D eigenvalue weighted by molar-refractivity contribution is -0.940. The molecule has 2 saturated heterocycles. The second-order valence-corrected chi connectivity index (χ2v) is 5.44. The molecule has 0 aliphatic carbocycles. The normalized spacial score (nSPS) is 34.7. The molecule has 2 rings (SSSR count). The highest BCUT2D eigenvalue weighted by Gasteiger charge is 2.36. The number of hydrogen-bond donors (Lipinski definition) is 2. The Balaban J connectivity index is 1.74. The molecule has 16 heavy (non-hydrogen) atoms. The molecule has 0 bridgehead atoms. The van der Waals surface area contributed by atoms with E-state index < -0.39 is 0 Å². The maximum atomic E-state index is 5.81. The third-order valence-corrected chi connectivity index (χ3v) is 4.30. The van der Waals surface area contributed by atoms with Crippen LogP contribution < -0.4 is 10.6 Å². The summed E-state index contributed by atoms with van der Waals surface area (Å²) in [5.41, 5.74) is 3.85. The molecule has 94 valence electrons. The Labute approximate surface area is 99.3 Å². The topological polar surface area (TPSA) is 41.3 Å². The quantitative estimate of drug-likeness (QED) is 0.611. The molecule has 2 aliphatic rings. The maximum absolute atomic E-state index is 5.81. The van der Waals surface area contributed by atoms with E-state index in [0.717, 1.165) is 38.1 Å². The largest absolute Gasteiger partial charge is 0.381 e. The van der Waals surface area contributed by atoms with Crippen LogP contribution in [0.5, 0.6) is 0 Å². The van der Waals surface area contributed by atoms with Gasteiger partial charge in [-0.1, -0.05) is 0 Å². The van der Waals surface area contributed by atoms with Gasteiger partial charge in [0.2, 0.25) is 0 Å². The second-order valence-electron chi connectivity index (χ2n) is 5.44. The first-order valence-electron chi connectivity index (χ1n) is 7.13. The Bertz CT molecular complexity index is 196. The molecule has 1 unspecified atom stereocenters. The minimum absolute atomic E-state index is 0.842. The van der Waals surface area contributed by atoms with Crippen molar-refractivity contribution in [3.63, 3.8) is 0 Å². The van der Waals surface area contributed by atoms with Gasteiger partial charge in [-0.05, 0) is 32.1 Å². The molecule has 4 N–H and O–H groups in total. The Hall–Kier alpha value is -0.120. The fraction of sp³-hybridized carbons (Fsp3) is 1.00. The van der Waals surface area contributed by atoms with E-state index in [-0.39, 0.29) is 0 Å². The molecule has 2 fully saturated rings. The van der Waals surface area contributed by atoms with E-state index in [2.05, 4.69) is 5.73 Å². The van der Waals surface area contributed by atoms with Crippen LogP contribution in [0, 0.1) is 5.92 Å². The van der Waals surface area contributed by atoms with E-state index >= 15 is 0 Å². The van der Waals surface area contributed by atoms with Gasteiger partial charge in [0, 0.05) is 12.3 Å². The second kappa shape index (κ2) is 6.58. The highest BCUT2D eigenvalue weighted by Crippen LogP contribution is 2.20. The van der Waals surface area contributed by atoms with Gasteiger partial charge in [0.15, 0.2) is 0 Å². The third kappa shape index (κ3) is 3.19. The van der Waals surface area contributed by atoms with Crippen molar-refractivity contribution in [2.45, 2.75) is 44.6 Å². The lowest BCUT2D eigenvalue weighted by Gasteiger charge is -2.41. The number of piperidine rings is 2. The number of nitrogens with one attached hydrogen (secondary N) is 1. The summed E-state index contributed by atoms with van der Waals surface area (Å²) in [4.78, 5) is 1.88. The lowest BCUT2D eigenvalue weighted by atomic mass is 9.84. The van der Waals surface area contributed by atoms with Gasteiger partial charge in [-0.2, -0.15) is 0 Å². The standard InChI is InChI=1S/C13H26N2O/c14-7-4-10-16-11-12-5-3-9-15-8-2-1-6-13(12)15/h12-13H,1-11,14H2/p+2/t12-,13-/m0/s1. The highest BCUT2D eigenvalue weighted by atomic mass is 16.5. The summed E-state index contributed by atoms with van der Waals surface area (Å²) in [6, 6.07) is 0.919. The fourth-order valence-corrected chi connectivity index (χ4v) is 3.42. The molecule has 0 spiro atoms. The molecule has 0 aromatic heterocycles. The van der Waals surface area contributed by atoms with E-state index in [4.69, 9.17) is 4.74 Å². The first-order valence-corrected chi connectivity index (χ1v) is 7.13. The van der Waals surface area contributed by atoms with Gasteiger partial charge in [0.25, 0.3) is 0 Å². The number of hydrogen-bond acceptors (Lipinski definition) is 1. The fourth-order valence-electron chi connectivity index (χ4n) is 3.42. The average molecular weight is 228 g/mol. The minimum Gasteiger partial charge on any atom is -0.381 e. The summed E-state index contributed by atoms with van der Waals surface area (Å²) in [6.07, 6.45) is 8.27. The van der Waals surface area contributed by atoms with Gasteiger partial charge >= 0.3 is 0 Å². The van der Waals surface area contributed by atoms with Gasteiger partial charge < -0.3 is 15.4 Å². The molecular weight excluding hydrogens is 200 g/mol. The zero-order valence-electron chi connectivity index (χ0n) is 10.5. The summed E-state index contributed by atoms with van der Waals surface area (Å²) >= 11 is 0. The van der Waals surface area contributed by atoms with Gasteiger partial charge in [0.1, 0.15) is 0 Å². The average Bonchev–Trinajstić information content (AvgIpc) is 2.35. The SMILES string of the molecule is [NH3+]CCCOC[C@@H]1CCC[NH+]2CCCC[C@@H]12. The zero-order chi connectivity index (χ0) is 11.2. The van der Waals surface area contributed by atoms with Crippen LogP contribution in [0.1, 0.15) is 38.5 Å². The molecule has 3 atom stereocenters. The van der Waals surface area contributed by atoms with Crippen molar-refractivity contribution in [3.8, 4) is 0 Å². The number of quaternary nitrogens is 2. The van der Waals surface area contributed by atoms with Crippen molar-refractivity contribution in [2.24, 2.45) is 5.92 Å². The molecule has 0 radical (unpaired) electrons. The van der Waals surface area contributed by atoms with Crippen molar-refractivity contribution in [1.29, 1.82) is 0 Å². The third-order valence-electron chi connectivity index (χ3n) is 4.30. The molecule has 0 saturated carbocycles. The summed E-state index contributed by atoms with van der Waals surface area (Å²) in [5, 5.41) is 0. The van der Waals surface area contributed by atoms with E-state index in [1.807, 2.05) is 4.90 Å². The molecular formula is C13H28N2O+2. The summed E-state index contributed by atoms with van der Waals surface area (Å²) in [5.74, 6) is 0.842.